The van der Waals surface area contributed by atoms with Crippen molar-refractivity contribution in [3.05, 3.63) is 75.2 Å². The second kappa shape index (κ2) is 7.34. The number of anilines is 2. The van der Waals surface area contributed by atoms with Crippen molar-refractivity contribution in [1.29, 1.82) is 10.5 Å². The van der Waals surface area contributed by atoms with Gasteiger partial charge in [-0.15, -0.1) is 11.3 Å². The molecule has 1 aliphatic rings. The van der Waals surface area contributed by atoms with Crippen molar-refractivity contribution in [3.63, 3.8) is 0 Å². The van der Waals surface area contributed by atoms with Gasteiger partial charge in [-0.1, -0.05) is 42.5 Å². The van der Waals surface area contributed by atoms with Crippen LogP contribution in [0.3, 0.4) is 0 Å². The number of nitrogens with zero attached hydrogens (tertiary/aromatic N) is 5. The minimum atomic E-state index is 0.359. The van der Waals surface area contributed by atoms with E-state index in [0.717, 1.165) is 17.4 Å². The predicted octanol–water partition coefficient (Wildman–Crippen LogP) is 4.59. The van der Waals surface area contributed by atoms with E-state index in [1.165, 1.54) is 5.56 Å². The third kappa shape index (κ3) is 3.24. The van der Waals surface area contributed by atoms with Gasteiger partial charge in [0.05, 0.1) is 29.5 Å². The van der Waals surface area contributed by atoms with Crippen molar-refractivity contribution in [2.45, 2.75) is 13.2 Å². The van der Waals surface area contributed by atoms with Crippen LogP contribution >= 0.6 is 23.6 Å². The zero-order valence-corrected chi connectivity index (χ0v) is 16.0. The lowest BCUT2D eigenvalue weighted by molar-refractivity contribution is 0.194. The summed E-state index contributed by atoms with van der Waals surface area (Å²) in [5, 5.41) is 22.2. The second-order valence-electron chi connectivity index (χ2n) is 6.23. The summed E-state index contributed by atoms with van der Waals surface area (Å²) < 4.78 is 2.37. The largest absolute Gasteiger partial charge is 0.304 e. The van der Waals surface area contributed by atoms with Crippen LogP contribution in [0.1, 0.15) is 16.7 Å². The first-order valence-electron chi connectivity index (χ1n) is 8.36. The Bertz CT molecular complexity index is 1100. The van der Waals surface area contributed by atoms with Crippen molar-refractivity contribution in [1.82, 2.24) is 9.47 Å². The Morgan fingerprint density at radius 2 is 1.78 bits per heavy atom. The van der Waals surface area contributed by atoms with Crippen molar-refractivity contribution >= 4 is 34.4 Å². The number of nitriles is 2. The van der Waals surface area contributed by atoms with Crippen LogP contribution in [0.4, 0.5) is 10.8 Å². The Kier molecular flexibility index (Phi) is 4.74. The summed E-state index contributed by atoms with van der Waals surface area (Å²) in [6.45, 7) is 1.93. The van der Waals surface area contributed by atoms with Crippen molar-refractivity contribution < 1.29 is 0 Å². The van der Waals surface area contributed by atoms with E-state index in [9.17, 15) is 10.5 Å². The van der Waals surface area contributed by atoms with Crippen molar-refractivity contribution in [3.8, 4) is 12.1 Å². The number of fused-ring (bicyclic) bond motifs is 1. The number of rotatable bonds is 3. The summed E-state index contributed by atoms with van der Waals surface area (Å²) in [5.74, 6) is 0.758. The predicted molar refractivity (Wildman–Crippen MR) is 108 cm³/mol. The molecule has 0 fully saturated rings. The van der Waals surface area contributed by atoms with Gasteiger partial charge in [0, 0.05) is 6.54 Å². The molecule has 0 N–H and O–H groups in total. The summed E-state index contributed by atoms with van der Waals surface area (Å²) in [6, 6.07) is 20.2. The highest BCUT2D eigenvalue weighted by Crippen LogP contribution is 2.36. The molecule has 5 nitrogen and oxygen atoms in total. The van der Waals surface area contributed by atoms with Crippen LogP contribution in [-0.2, 0) is 13.2 Å². The van der Waals surface area contributed by atoms with Crippen LogP contribution in [0.5, 0.6) is 0 Å². The van der Waals surface area contributed by atoms with Crippen LogP contribution in [0.15, 0.2) is 53.9 Å². The molecule has 2 aromatic heterocycles. The number of thiophene rings is 1. The summed E-state index contributed by atoms with van der Waals surface area (Å²) in [5.41, 5.74) is 2.03. The molecule has 0 atom stereocenters. The molecule has 0 saturated carbocycles. The molecule has 0 radical (unpaired) electrons. The van der Waals surface area contributed by atoms with Gasteiger partial charge in [0.25, 0.3) is 0 Å². The summed E-state index contributed by atoms with van der Waals surface area (Å²) in [4.78, 5) is 4.35. The first kappa shape index (κ1) is 17.4. The molecule has 3 heterocycles. The summed E-state index contributed by atoms with van der Waals surface area (Å²) in [7, 11) is 0. The van der Waals surface area contributed by atoms with Crippen LogP contribution in [-0.4, -0.2) is 16.1 Å². The van der Waals surface area contributed by atoms with Gasteiger partial charge >= 0.3 is 0 Å². The molecular weight excluding hydrogens is 374 g/mol. The molecule has 132 valence electrons. The molecule has 27 heavy (non-hydrogen) atoms. The van der Waals surface area contributed by atoms with Crippen molar-refractivity contribution in [2.75, 3.05) is 11.6 Å². The summed E-state index contributed by atoms with van der Waals surface area (Å²) >= 11 is 7.18. The third-order valence-corrected chi connectivity index (χ3v) is 5.79. The van der Waals surface area contributed by atoms with Crippen LogP contribution in [0.25, 0.3) is 0 Å². The molecule has 0 spiro atoms. The topological polar surface area (TPSA) is 59.0 Å². The third-order valence-electron chi connectivity index (χ3n) is 4.46. The Labute approximate surface area is 166 Å². The lowest BCUT2D eigenvalue weighted by Gasteiger charge is -2.39. The molecule has 3 aromatic rings. The van der Waals surface area contributed by atoms with Crippen LogP contribution in [0.2, 0.25) is 0 Å². The lowest BCUT2D eigenvalue weighted by Crippen LogP contribution is -2.43. The van der Waals surface area contributed by atoms with Gasteiger partial charge in [-0.25, -0.2) is 0 Å². The smallest absolute Gasteiger partial charge is 0.135 e. The molecule has 0 unspecified atom stereocenters. The maximum Gasteiger partial charge on any atom is 0.135 e. The monoisotopic (exact) mass is 389 g/mol. The number of aromatic nitrogens is 1. The SMILES string of the molecule is N#Cc1cc(C#N)c(=S)n2c1N(c1cccs1)CN(Cc1ccccc1)C2. The molecule has 0 aliphatic carbocycles. The van der Waals surface area contributed by atoms with Gasteiger partial charge in [0.1, 0.15) is 22.6 Å². The Morgan fingerprint density at radius 3 is 2.44 bits per heavy atom. The highest BCUT2D eigenvalue weighted by atomic mass is 32.1. The fraction of sp³-hybridized carbons (Fsp3) is 0.150. The average molecular weight is 390 g/mol. The molecular formula is C20H15N5S2. The van der Waals surface area contributed by atoms with E-state index in [2.05, 4.69) is 34.1 Å². The van der Waals surface area contributed by atoms with E-state index in [1.807, 2.05) is 40.3 Å². The van der Waals surface area contributed by atoms with Gasteiger partial charge in [0.2, 0.25) is 0 Å². The zero-order valence-electron chi connectivity index (χ0n) is 14.4. The maximum atomic E-state index is 9.68. The molecule has 0 saturated heterocycles. The van der Waals surface area contributed by atoms with E-state index in [4.69, 9.17) is 12.2 Å². The fourth-order valence-corrected chi connectivity index (χ4v) is 4.27. The standard InChI is InChI=1S/C20H15N5S2/c21-10-16-9-17(11-22)20(26)25-14-23(12-15-5-2-1-3-6-15)13-24(19(16)25)18-7-4-8-27-18/h1-9H,12-14H2. The normalized spacial score (nSPS) is 13.6. The Balaban J connectivity index is 1.84. The minimum absolute atomic E-state index is 0.359. The quantitative estimate of drug-likeness (QED) is 0.613. The van der Waals surface area contributed by atoms with E-state index in [1.54, 1.807) is 17.4 Å². The highest BCUT2D eigenvalue weighted by Gasteiger charge is 2.28. The second-order valence-corrected chi connectivity index (χ2v) is 7.54. The minimum Gasteiger partial charge on any atom is -0.304 e. The molecule has 7 heteroatoms. The van der Waals surface area contributed by atoms with E-state index < -0.39 is 0 Å². The lowest BCUT2D eigenvalue weighted by atomic mass is 10.1. The molecule has 1 aromatic carbocycles. The van der Waals surface area contributed by atoms with E-state index in [-0.39, 0.29) is 0 Å². The fourth-order valence-electron chi connectivity index (χ4n) is 3.29. The molecule has 4 rings (SSSR count). The van der Waals surface area contributed by atoms with Crippen LogP contribution in [0, 0.1) is 27.3 Å². The van der Waals surface area contributed by atoms with Gasteiger partial charge in [0.15, 0.2) is 0 Å². The Hall–Kier alpha value is -2.97. The first-order valence-corrected chi connectivity index (χ1v) is 9.65. The molecule has 1 aliphatic heterocycles. The number of hydrogen-bond donors (Lipinski definition) is 0. The van der Waals surface area contributed by atoms with E-state index in [0.29, 0.717) is 29.1 Å². The van der Waals surface area contributed by atoms with Gasteiger partial charge in [-0.3, -0.25) is 4.90 Å². The maximum absolute atomic E-state index is 9.68. The number of pyridine rings is 1. The van der Waals surface area contributed by atoms with Gasteiger partial charge < -0.3 is 9.47 Å². The summed E-state index contributed by atoms with van der Waals surface area (Å²) in [6.07, 6.45) is 0. The molecule has 0 bridgehead atoms. The zero-order chi connectivity index (χ0) is 18.8. The number of hydrogen-bond acceptors (Lipinski definition) is 6. The van der Waals surface area contributed by atoms with Crippen LogP contribution < -0.4 is 4.90 Å². The highest BCUT2D eigenvalue weighted by molar-refractivity contribution is 7.71. The van der Waals surface area contributed by atoms with E-state index >= 15 is 0 Å². The van der Waals surface area contributed by atoms with Gasteiger partial charge in [-0.05, 0) is 29.1 Å². The Morgan fingerprint density at radius 1 is 1.00 bits per heavy atom. The molecule has 0 amide bonds. The first-order chi connectivity index (χ1) is 13.2. The van der Waals surface area contributed by atoms with Gasteiger partial charge in [-0.2, -0.15) is 10.5 Å². The average Bonchev–Trinajstić information content (AvgIpc) is 3.24. The van der Waals surface area contributed by atoms with Crippen molar-refractivity contribution in [2.24, 2.45) is 0 Å². The number of benzene rings is 1.